The van der Waals surface area contributed by atoms with Crippen molar-refractivity contribution in [3.63, 3.8) is 0 Å². The Bertz CT molecular complexity index is 820. The zero-order valence-corrected chi connectivity index (χ0v) is 18.6. The van der Waals surface area contributed by atoms with Crippen LogP contribution in [0, 0.1) is 23.2 Å². The molecule has 0 aromatic heterocycles. The molecule has 0 amide bonds. The molecule has 2 saturated carbocycles. The molecular weight excluding hydrogens is 376 g/mol. The van der Waals surface area contributed by atoms with Crippen molar-refractivity contribution in [3.8, 4) is 5.75 Å². The van der Waals surface area contributed by atoms with E-state index in [0.717, 1.165) is 18.4 Å². The average Bonchev–Trinajstić information content (AvgIpc) is 2.66. The van der Waals surface area contributed by atoms with Crippen molar-refractivity contribution >= 4 is 18.0 Å². The van der Waals surface area contributed by atoms with Gasteiger partial charge in [0.1, 0.15) is 11.9 Å². The normalized spacial score (nSPS) is 29.0. The molecule has 0 aliphatic heterocycles. The molecule has 162 valence electrons. The zero-order chi connectivity index (χ0) is 21.9. The van der Waals surface area contributed by atoms with Crippen molar-refractivity contribution in [1.29, 1.82) is 0 Å². The SMILES string of the molecule is C=C1CCCC2(C)CCC(C(C)C)C(OC(=O)C=Cc3ccc(OC(C)=O)cc3)C12. The molecule has 30 heavy (non-hydrogen) atoms. The summed E-state index contributed by atoms with van der Waals surface area (Å²) in [6, 6.07) is 7.03. The van der Waals surface area contributed by atoms with Gasteiger partial charge in [-0.15, -0.1) is 0 Å². The van der Waals surface area contributed by atoms with Crippen molar-refractivity contribution in [2.24, 2.45) is 23.2 Å². The van der Waals surface area contributed by atoms with Crippen LogP contribution in [0.3, 0.4) is 0 Å². The molecule has 1 aromatic rings. The van der Waals surface area contributed by atoms with Crippen LogP contribution >= 0.6 is 0 Å². The summed E-state index contributed by atoms with van der Waals surface area (Å²) in [5.74, 6) is 0.882. The van der Waals surface area contributed by atoms with Gasteiger partial charge in [0.25, 0.3) is 0 Å². The first-order chi connectivity index (χ1) is 14.2. The number of fused-ring (bicyclic) bond motifs is 1. The summed E-state index contributed by atoms with van der Waals surface area (Å²) < 4.78 is 11.1. The molecule has 3 rings (SSSR count). The third kappa shape index (κ3) is 5.03. The van der Waals surface area contributed by atoms with Gasteiger partial charge in [-0.3, -0.25) is 4.79 Å². The Morgan fingerprint density at radius 2 is 1.90 bits per heavy atom. The van der Waals surface area contributed by atoms with Crippen LogP contribution in [0.1, 0.15) is 65.4 Å². The summed E-state index contributed by atoms with van der Waals surface area (Å²) in [7, 11) is 0. The highest BCUT2D eigenvalue weighted by molar-refractivity contribution is 5.87. The molecular formula is C26H34O4. The molecule has 4 heteroatoms. The molecule has 2 aliphatic carbocycles. The van der Waals surface area contributed by atoms with Crippen molar-refractivity contribution in [2.45, 2.75) is 65.9 Å². The first-order valence-electron chi connectivity index (χ1n) is 11.0. The van der Waals surface area contributed by atoms with Crippen LogP contribution in [0.5, 0.6) is 5.75 Å². The smallest absolute Gasteiger partial charge is 0.331 e. The molecule has 4 nitrogen and oxygen atoms in total. The summed E-state index contributed by atoms with van der Waals surface area (Å²) in [5, 5.41) is 0. The van der Waals surface area contributed by atoms with E-state index >= 15 is 0 Å². The number of esters is 2. The maximum atomic E-state index is 12.7. The number of ether oxygens (including phenoxy) is 2. The first-order valence-corrected chi connectivity index (χ1v) is 11.0. The van der Waals surface area contributed by atoms with E-state index in [9.17, 15) is 9.59 Å². The number of carbonyl (C=O) groups excluding carboxylic acids is 2. The Morgan fingerprint density at radius 1 is 1.20 bits per heavy atom. The largest absolute Gasteiger partial charge is 0.458 e. The number of carbonyl (C=O) groups is 2. The van der Waals surface area contributed by atoms with E-state index in [1.165, 1.54) is 37.8 Å². The summed E-state index contributed by atoms with van der Waals surface area (Å²) >= 11 is 0. The first kappa shape index (κ1) is 22.3. The zero-order valence-electron chi connectivity index (χ0n) is 18.6. The van der Waals surface area contributed by atoms with E-state index in [-0.39, 0.29) is 29.4 Å². The minimum absolute atomic E-state index is 0.111. The highest BCUT2D eigenvalue weighted by Crippen LogP contribution is 2.55. The molecule has 4 unspecified atom stereocenters. The topological polar surface area (TPSA) is 52.6 Å². The molecule has 0 heterocycles. The van der Waals surface area contributed by atoms with Crippen LogP contribution in [0.25, 0.3) is 6.08 Å². The second-order valence-corrected chi connectivity index (χ2v) is 9.49. The van der Waals surface area contributed by atoms with Crippen LogP contribution in [0.2, 0.25) is 0 Å². The van der Waals surface area contributed by atoms with Gasteiger partial charge in [-0.1, -0.05) is 45.1 Å². The van der Waals surface area contributed by atoms with Gasteiger partial charge in [0.2, 0.25) is 0 Å². The number of rotatable bonds is 5. The maximum absolute atomic E-state index is 12.7. The van der Waals surface area contributed by atoms with E-state index in [1.807, 2.05) is 0 Å². The number of benzene rings is 1. The molecule has 2 fully saturated rings. The fourth-order valence-corrected chi connectivity index (χ4v) is 5.36. The highest BCUT2D eigenvalue weighted by Gasteiger charge is 2.51. The van der Waals surface area contributed by atoms with Crippen LogP contribution in [0.15, 0.2) is 42.5 Å². The third-order valence-electron chi connectivity index (χ3n) is 6.90. The minimum atomic E-state index is -0.356. The average molecular weight is 411 g/mol. The molecule has 0 N–H and O–H groups in total. The number of hydrogen-bond donors (Lipinski definition) is 0. The predicted octanol–water partition coefficient (Wildman–Crippen LogP) is 5.97. The lowest BCUT2D eigenvalue weighted by molar-refractivity contribution is -0.159. The van der Waals surface area contributed by atoms with Gasteiger partial charge < -0.3 is 9.47 Å². The van der Waals surface area contributed by atoms with Crippen LogP contribution < -0.4 is 4.74 Å². The summed E-state index contributed by atoms with van der Waals surface area (Å²) in [5.41, 5.74) is 2.28. The Kier molecular flexibility index (Phi) is 6.84. The Labute approximate surface area is 180 Å². The lowest BCUT2D eigenvalue weighted by Crippen LogP contribution is -2.50. The predicted molar refractivity (Wildman–Crippen MR) is 119 cm³/mol. The monoisotopic (exact) mass is 410 g/mol. The van der Waals surface area contributed by atoms with E-state index < -0.39 is 0 Å². The molecule has 0 saturated heterocycles. The second-order valence-electron chi connectivity index (χ2n) is 9.49. The van der Waals surface area contributed by atoms with Crippen LogP contribution in [-0.2, 0) is 14.3 Å². The minimum Gasteiger partial charge on any atom is -0.458 e. The van der Waals surface area contributed by atoms with Crippen molar-refractivity contribution in [3.05, 3.63) is 48.1 Å². The standard InChI is InChI=1S/C26H34O4/c1-17(2)22-14-16-26(5)15-6-7-18(3)24(26)25(22)30-23(28)13-10-20-8-11-21(12-9-20)29-19(4)27/h8-13,17,22,24-25H,3,6-7,14-16H2,1-2,4-5H3. The molecule has 2 aliphatic rings. The summed E-state index contributed by atoms with van der Waals surface area (Å²) in [6.07, 6.45) is 8.79. The van der Waals surface area contributed by atoms with E-state index in [1.54, 1.807) is 30.3 Å². The Morgan fingerprint density at radius 3 is 2.53 bits per heavy atom. The molecule has 0 spiro atoms. The fraction of sp³-hybridized carbons (Fsp3) is 0.538. The number of hydrogen-bond acceptors (Lipinski definition) is 4. The third-order valence-corrected chi connectivity index (χ3v) is 6.90. The van der Waals surface area contributed by atoms with Crippen LogP contribution in [-0.4, -0.2) is 18.0 Å². The van der Waals surface area contributed by atoms with E-state index in [2.05, 4.69) is 27.4 Å². The summed E-state index contributed by atoms with van der Waals surface area (Å²) in [6.45, 7) is 12.5. The van der Waals surface area contributed by atoms with Gasteiger partial charge >= 0.3 is 11.9 Å². The Hall–Kier alpha value is -2.36. The van der Waals surface area contributed by atoms with Gasteiger partial charge in [0.05, 0.1) is 0 Å². The summed E-state index contributed by atoms with van der Waals surface area (Å²) in [4.78, 5) is 23.8. The van der Waals surface area contributed by atoms with Gasteiger partial charge in [0, 0.05) is 18.9 Å². The van der Waals surface area contributed by atoms with Crippen molar-refractivity contribution < 1.29 is 19.1 Å². The molecule has 0 bridgehead atoms. The maximum Gasteiger partial charge on any atom is 0.331 e. The quantitative estimate of drug-likeness (QED) is 0.260. The van der Waals surface area contributed by atoms with Gasteiger partial charge in [-0.25, -0.2) is 4.79 Å². The molecule has 0 radical (unpaired) electrons. The van der Waals surface area contributed by atoms with E-state index in [0.29, 0.717) is 17.6 Å². The highest BCUT2D eigenvalue weighted by atomic mass is 16.5. The molecule has 4 atom stereocenters. The van der Waals surface area contributed by atoms with Gasteiger partial charge in [0.15, 0.2) is 0 Å². The van der Waals surface area contributed by atoms with E-state index in [4.69, 9.17) is 9.47 Å². The van der Waals surface area contributed by atoms with Crippen LogP contribution in [0.4, 0.5) is 0 Å². The van der Waals surface area contributed by atoms with Gasteiger partial charge in [-0.05, 0) is 73.1 Å². The second kappa shape index (κ2) is 9.20. The van der Waals surface area contributed by atoms with Crippen molar-refractivity contribution in [1.82, 2.24) is 0 Å². The fourth-order valence-electron chi connectivity index (χ4n) is 5.36. The van der Waals surface area contributed by atoms with Crippen molar-refractivity contribution in [2.75, 3.05) is 0 Å². The van der Waals surface area contributed by atoms with Gasteiger partial charge in [-0.2, -0.15) is 0 Å². The lowest BCUT2D eigenvalue weighted by atomic mass is 9.54. The lowest BCUT2D eigenvalue weighted by Gasteiger charge is -2.53. The molecule has 1 aromatic carbocycles. The Balaban J connectivity index is 1.72.